The summed E-state index contributed by atoms with van der Waals surface area (Å²) < 4.78 is 52.1. The van der Waals surface area contributed by atoms with E-state index in [1.165, 1.54) is 18.2 Å². The molecule has 0 aliphatic carbocycles. The monoisotopic (exact) mass is 488 g/mol. The number of phenols is 1. The SMILES string of the molecule is CCc1ccc(Oc2c(-c3ccc(OCc4cccc(Cl)c4)cc3O)n[nH]c2C(F)(F)F)cc1. The van der Waals surface area contributed by atoms with Crippen molar-refractivity contribution in [2.45, 2.75) is 26.1 Å². The van der Waals surface area contributed by atoms with E-state index < -0.39 is 17.6 Å². The molecule has 4 rings (SSSR count). The minimum absolute atomic E-state index is 0.0574. The molecule has 2 N–H and O–H groups in total. The molecule has 0 saturated heterocycles. The van der Waals surface area contributed by atoms with Crippen LogP contribution in [0.1, 0.15) is 23.7 Å². The lowest BCUT2D eigenvalue weighted by Crippen LogP contribution is -2.07. The van der Waals surface area contributed by atoms with Crippen LogP contribution in [-0.2, 0) is 19.2 Å². The zero-order valence-corrected chi connectivity index (χ0v) is 18.7. The van der Waals surface area contributed by atoms with Crippen molar-refractivity contribution in [2.75, 3.05) is 0 Å². The Hall–Kier alpha value is -3.65. The second-order valence-corrected chi connectivity index (χ2v) is 7.91. The molecule has 9 heteroatoms. The molecular formula is C25H20ClF3N2O3. The molecule has 5 nitrogen and oxygen atoms in total. The lowest BCUT2D eigenvalue weighted by molar-refractivity contribution is -0.142. The van der Waals surface area contributed by atoms with Crippen molar-refractivity contribution in [3.63, 3.8) is 0 Å². The van der Waals surface area contributed by atoms with Gasteiger partial charge < -0.3 is 14.6 Å². The number of aromatic hydroxyl groups is 1. The number of ether oxygens (including phenoxy) is 2. The summed E-state index contributed by atoms with van der Waals surface area (Å²) in [5.41, 5.74) is 0.570. The molecular weight excluding hydrogens is 469 g/mol. The maximum atomic E-state index is 13.6. The smallest absolute Gasteiger partial charge is 0.436 e. The standard InChI is InChI=1S/C25H20ClF3N2O3/c1-2-15-6-8-18(9-7-15)34-23-22(30-31-24(23)25(27,28)29)20-11-10-19(13-21(20)32)33-14-16-4-3-5-17(26)12-16/h3-13,32H,2,14H2,1H3,(H,30,31). The van der Waals surface area contributed by atoms with E-state index in [1.807, 2.05) is 18.1 Å². The van der Waals surface area contributed by atoms with E-state index in [9.17, 15) is 18.3 Å². The molecule has 0 amide bonds. The highest BCUT2D eigenvalue weighted by atomic mass is 35.5. The number of H-pyrrole nitrogens is 1. The zero-order chi connectivity index (χ0) is 24.3. The van der Waals surface area contributed by atoms with Crippen LogP contribution in [0.3, 0.4) is 0 Å². The number of aromatic nitrogens is 2. The first kappa shape index (κ1) is 23.5. The van der Waals surface area contributed by atoms with Gasteiger partial charge in [0.05, 0.1) is 0 Å². The molecule has 0 unspecified atom stereocenters. The van der Waals surface area contributed by atoms with E-state index in [1.54, 1.807) is 42.5 Å². The Kier molecular flexibility index (Phi) is 6.70. The van der Waals surface area contributed by atoms with Gasteiger partial charge in [-0.15, -0.1) is 0 Å². The number of rotatable bonds is 7. The van der Waals surface area contributed by atoms with Gasteiger partial charge in [-0.3, -0.25) is 5.10 Å². The minimum Gasteiger partial charge on any atom is -0.507 e. The van der Waals surface area contributed by atoms with Gasteiger partial charge in [-0.1, -0.05) is 42.8 Å². The number of nitrogens with one attached hydrogen (secondary N) is 1. The third-order valence-corrected chi connectivity index (χ3v) is 5.31. The fourth-order valence-electron chi connectivity index (χ4n) is 3.31. The normalized spacial score (nSPS) is 11.4. The van der Waals surface area contributed by atoms with Crippen molar-refractivity contribution < 1.29 is 27.8 Å². The molecule has 0 radical (unpaired) electrons. The van der Waals surface area contributed by atoms with Crippen molar-refractivity contribution in [3.8, 4) is 34.3 Å². The maximum absolute atomic E-state index is 13.6. The van der Waals surface area contributed by atoms with Crippen molar-refractivity contribution >= 4 is 11.6 Å². The maximum Gasteiger partial charge on any atom is 0.436 e. The van der Waals surface area contributed by atoms with Gasteiger partial charge in [0.1, 0.15) is 29.5 Å². The van der Waals surface area contributed by atoms with E-state index >= 15 is 0 Å². The van der Waals surface area contributed by atoms with E-state index in [-0.39, 0.29) is 29.4 Å². The number of aromatic amines is 1. The second kappa shape index (κ2) is 9.69. The van der Waals surface area contributed by atoms with Gasteiger partial charge in [-0.25, -0.2) is 0 Å². The predicted molar refractivity (Wildman–Crippen MR) is 122 cm³/mol. The first-order valence-corrected chi connectivity index (χ1v) is 10.8. The average molecular weight is 489 g/mol. The van der Waals surface area contributed by atoms with Gasteiger partial charge >= 0.3 is 6.18 Å². The van der Waals surface area contributed by atoms with Crippen LogP contribution in [-0.4, -0.2) is 15.3 Å². The van der Waals surface area contributed by atoms with Crippen LogP contribution < -0.4 is 9.47 Å². The van der Waals surface area contributed by atoms with Crippen molar-refractivity contribution in [3.05, 3.63) is 88.6 Å². The molecule has 4 aromatic rings. The van der Waals surface area contributed by atoms with Crippen LogP contribution >= 0.6 is 11.6 Å². The third-order valence-electron chi connectivity index (χ3n) is 5.08. The van der Waals surface area contributed by atoms with Gasteiger partial charge in [0.15, 0.2) is 11.4 Å². The lowest BCUT2D eigenvalue weighted by Gasteiger charge is -2.12. The summed E-state index contributed by atoms with van der Waals surface area (Å²) in [5.74, 6) is -0.300. The summed E-state index contributed by atoms with van der Waals surface area (Å²) >= 11 is 5.96. The summed E-state index contributed by atoms with van der Waals surface area (Å²) in [4.78, 5) is 0. The number of alkyl halides is 3. The Balaban J connectivity index is 1.63. The van der Waals surface area contributed by atoms with Crippen molar-refractivity contribution in [1.29, 1.82) is 0 Å². The molecule has 176 valence electrons. The predicted octanol–water partition coefficient (Wildman–Crippen LogP) is 7.39. The number of halogens is 4. The van der Waals surface area contributed by atoms with Gasteiger partial charge in [0.2, 0.25) is 0 Å². The third kappa shape index (κ3) is 5.28. The average Bonchev–Trinajstić information content (AvgIpc) is 3.22. The Morgan fingerprint density at radius 2 is 1.71 bits per heavy atom. The van der Waals surface area contributed by atoms with E-state index in [4.69, 9.17) is 21.1 Å². The van der Waals surface area contributed by atoms with Crippen LogP contribution in [0, 0.1) is 0 Å². The summed E-state index contributed by atoms with van der Waals surface area (Å²) in [7, 11) is 0. The number of hydrogen-bond acceptors (Lipinski definition) is 4. The van der Waals surface area contributed by atoms with Gasteiger partial charge in [0.25, 0.3) is 0 Å². The highest BCUT2D eigenvalue weighted by Gasteiger charge is 2.39. The van der Waals surface area contributed by atoms with E-state index in [0.717, 1.165) is 17.5 Å². The molecule has 1 heterocycles. The largest absolute Gasteiger partial charge is 0.507 e. The topological polar surface area (TPSA) is 67.4 Å². The van der Waals surface area contributed by atoms with Gasteiger partial charge in [-0.05, 0) is 53.9 Å². The van der Waals surface area contributed by atoms with Crippen molar-refractivity contribution in [1.82, 2.24) is 10.2 Å². The summed E-state index contributed by atoms with van der Waals surface area (Å²) in [6, 6.07) is 18.1. The highest BCUT2D eigenvalue weighted by molar-refractivity contribution is 6.30. The molecule has 1 aromatic heterocycles. The van der Waals surface area contributed by atoms with Crippen LogP contribution in [0.5, 0.6) is 23.0 Å². The Morgan fingerprint density at radius 1 is 0.971 bits per heavy atom. The molecule has 34 heavy (non-hydrogen) atoms. The second-order valence-electron chi connectivity index (χ2n) is 7.47. The van der Waals surface area contributed by atoms with Gasteiger partial charge in [0, 0.05) is 16.7 Å². The van der Waals surface area contributed by atoms with Crippen LogP contribution in [0.4, 0.5) is 13.2 Å². The summed E-state index contributed by atoms with van der Waals surface area (Å²) in [5, 5.41) is 16.9. The number of benzene rings is 3. The lowest BCUT2D eigenvalue weighted by atomic mass is 10.1. The Bertz CT molecular complexity index is 1290. The quantitative estimate of drug-likeness (QED) is 0.284. The summed E-state index contributed by atoms with van der Waals surface area (Å²) in [6.45, 7) is 2.17. The number of phenolic OH excluding ortho intramolecular Hbond substituents is 1. The Labute approximate surface area is 198 Å². The molecule has 0 aliphatic rings. The number of hydrogen-bond donors (Lipinski definition) is 2. The molecule has 0 saturated carbocycles. The molecule has 0 atom stereocenters. The van der Waals surface area contributed by atoms with Crippen LogP contribution in [0.15, 0.2) is 66.7 Å². The van der Waals surface area contributed by atoms with E-state index in [0.29, 0.717) is 10.8 Å². The van der Waals surface area contributed by atoms with Crippen LogP contribution in [0.2, 0.25) is 5.02 Å². The highest BCUT2D eigenvalue weighted by Crippen LogP contribution is 2.45. The van der Waals surface area contributed by atoms with Crippen LogP contribution in [0.25, 0.3) is 11.3 Å². The fourth-order valence-corrected chi connectivity index (χ4v) is 3.52. The number of nitrogens with zero attached hydrogens (tertiary/aromatic N) is 1. The minimum atomic E-state index is -4.74. The molecule has 0 bridgehead atoms. The molecule has 0 fully saturated rings. The first-order valence-electron chi connectivity index (χ1n) is 10.4. The first-order chi connectivity index (χ1) is 16.2. The Morgan fingerprint density at radius 3 is 2.35 bits per heavy atom. The zero-order valence-electron chi connectivity index (χ0n) is 18.0. The fraction of sp³-hybridized carbons (Fsp3) is 0.160. The molecule has 0 aliphatic heterocycles. The van der Waals surface area contributed by atoms with Crippen molar-refractivity contribution in [2.24, 2.45) is 0 Å². The summed E-state index contributed by atoms with van der Waals surface area (Å²) in [6.07, 6.45) is -3.95. The van der Waals surface area contributed by atoms with E-state index in [2.05, 4.69) is 5.10 Å². The van der Waals surface area contributed by atoms with Gasteiger partial charge in [-0.2, -0.15) is 18.3 Å². The molecule has 0 spiro atoms. The number of aryl methyl sites for hydroxylation is 1. The molecule has 3 aromatic carbocycles.